The van der Waals surface area contributed by atoms with E-state index in [0.29, 0.717) is 25.5 Å². The Balaban J connectivity index is 1.53. The molecule has 2 N–H and O–H groups in total. The van der Waals surface area contributed by atoms with E-state index in [4.69, 9.17) is 4.52 Å². The molecule has 0 unspecified atom stereocenters. The average Bonchev–Trinajstić information content (AvgIpc) is 3.22. The van der Waals surface area contributed by atoms with Crippen molar-refractivity contribution in [1.82, 2.24) is 15.8 Å². The van der Waals surface area contributed by atoms with Gasteiger partial charge in [0.15, 0.2) is 5.96 Å². The number of aliphatic imine (C=N–C) groups is 1. The molecule has 1 saturated heterocycles. The summed E-state index contributed by atoms with van der Waals surface area (Å²) in [7, 11) is 1.74. The van der Waals surface area contributed by atoms with Crippen molar-refractivity contribution in [2.75, 3.05) is 18.5 Å². The standard InChI is InChI=1S/C19H25N5O2/c1-13-17(14(2)26-23-13)12-22-19(20-3)21-11-15-6-8-16(9-7-15)24-10-4-5-18(24)25/h6-9H,4-5,10-12H2,1-3H3,(H2,20,21,22). The van der Waals surface area contributed by atoms with Crippen LogP contribution >= 0.6 is 0 Å². The van der Waals surface area contributed by atoms with Crippen LogP contribution in [0.4, 0.5) is 5.69 Å². The second-order valence-corrected chi connectivity index (χ2v) is 6.40. The van der Waals surface area contributed by atoms with Crippen molar-refractivity contribution in [3.05, 3.63) is 46.8 Å². The van der Waals surface area contributed by atoms with E-state index in [2.05, 4.69) is 20.8 Å². The minimum absolute atomic E-state index is 0.208. The molecular weight excluding hydrogens is 330 g/mol. The molecule has 0 saturated carbocycles. The van der Waals surface area contributed by atoms with Gasteiger partial charge in [-0.1, -0.05) is 17.3 Å². The monoisotopic (exact) mass is 355 g/mol. The van der Waals surface area contributed by atoms with Crippen LogP contribution in [0.25, 0.3) is 0 Å². The summed E-state index contributed by atoms with van der Waals surface area (Å²) in [5, 5.41) is 10.5. The number of guanidine groups is 1. The zero-order valence-corrected chi connectivity index (χ0v) is 15.5. The minimum Gasteiger partial charge on any atom is -0.361 e. The van der Waals surface area contributed by atoms with Crippen molar-refractivity contribution in [1.29, 1.82) is 0 Å². The molecule has 138 valence electrons. The number of nitrogens with one attached hydrogen (secondary N) is 2. The Bertz CT molecular complexity index is 775. The number of nitrogens with zero attached hydrogens (tertiary/aromatic N) is 3. The molecule has 3 rings (SSSR count). The number of aromatic nitrogens is 1. The molecule has 0 radical (unpaired) electrons. The summed E-state index contributed by atoms with van der Waals surface area (Å²) in [5.74, 6) is 1.74. The first kappa shape index (κ1) is 18.0. The third-order valence-corrected chi connectivity index (χ3v) is 4.62. The topological polar surface area (TPSA) is 82.8 Å². The fraction of sp³-hybridized carbons (Fsp3) is 0.421. The van der Waals surface area contributed by atoms with E-state index < -0.39 is 0 Å². The van der Waals surface area contributed by atoms with Crippen LogP contribution in [0, 0.1) is 13.8 Å². The van der Waals surface area contributed by atoms with Crippen LogP contribution in [0.2, 0.25) is 0 Å². The number of rotatable bonds is 5. The first-order chi connectivity index (χ1) is 12.6. The fourth-order valence-corrected chi connectivity index (χ4v) is 3.05. The van der Waals surface area contributed by atoms with Gasteiger partial charge in [0.05, 0.1) is 5.69 Å². The molecule has 2 aromatic rings. The van der Waals surface area contributed by atoms with Crippen LogP contribution in [0.3, 0.4) is 0 Å². The Labute approximate surface area is 153 Å². The van der Waals surface area contributed by atoms with E-state index in [1.807, 2.05) is 43.0 Å². The molecule has 7 nitrogen and oxygen atoms in total. The number of hydrogen-bond acceptors (Lipinski definition) is 4. The lowest BCUT2D eigenvalue weighted by Crippen LogP contribution is -2.36. The number of anilines is 1. The van der Waals surface area contributed by atoms with Gasteiger partial charge in [-0.3, -0.25) is 9.79 Å². The molecule has 1 amide bonds. The fourth-order valence-electron chi connectivity index (χ4n) is 3.05. The largest absolute Gasteiger partial charge is 0.361 e. The highest BCUT2D eigenvalue weighted by Crippen LogP contribution is 2.21. The molecule has 0 spiro atoms. The smallest absolute Gasteiger partial charge is 0.227 e. The van der Waals surface area contributed by atoms with Crippen molar-refractivity contribution in [3.8, 4) is 0 Å². The Hall–Kier alpha value is -2.83. The molecule has 1 fully saturated rings. The summed E-state index contributed by atoms with van der Waals surface area (Å²) < 4.78 is 5.17. The van der Waals surface area contributed by atoms with Gasteiger partial charge >= 0.3 is 0 Å². The van der Waals surface area contributed by atoms with Crippen molar-refractivity contribution < 1.29 is 9.32 Å². The van der Waals surface area contributed by atoms with Crippen LogP contribution < -0.4 is 15.5 Å². The Morgan fingerprint density at radius 1 is 1.23 bits per heavy atom. The van der Waals surface area contributed by atoms with Crippen LogP contribution in [0.1, 0.15) is 35.4 Å². The summed E-state index contributed by atoms with van der Waals surface area (Å²) >= 11 is 0. The van der Waals surface area contributed by atoms with E-state index in [-0.39, 0.29) is 5.91 Å². The van der Waals surface area contributed by atoms with Gasteiger partial charge in [-0.15, -0.1) is 0 Å². The maximum Gasteiger partial charge on any atom is 0.227 e. The van der Waals surface area contributed by atoms with Crippen LogP contribution in [0.5, 0.6) is 0 Å². The van der Waals surface area contributed by atoms with Gasteiger partial charge in [-0.05, 0) is 38.0 Å². The molecule has 0 bridgehead atoms. The van der Waals surface area contributed by atoms with Crippen LogP contribution in [0.15, 0.2) is 33.8 Å². The summed E-state index contributed by atoms with van der Waals surface area (Å²) in [6.07, 6.45) is 1.59. The van der Waals surface area contributed by atoms with Crippen molar-refractivity contribution in [3.63, 3.8) is 0 Å². The van der Waals surface area contributed by atoms with E-state index in [9.17, 15) is 4.79 Å². The molecule has 7 heteroatoms. The lowest BCUT2D eigenvalue weighted by Gasteiger charge is -2.16. The van der Waals surface area contributed by atoms with Crippen LogP contribution in [-0.4, -0.2) is 30.6 Å². The maximum absolute atomic E-state index is 11.8. The first-order valence-electron chi connectivity index (χ1n) is 8.84. The Morgan fingerprint density at radius 3 is 2.54 bits per heavy atom. The Kier molecular flexibility index (Phi) is 5.55. The highest BCUT2D eigenvalue weighted by atomic mass is 16.5. The molecule has 26 heavy (non-hydrogen) atoms. The number of hydrogen-bond donors (Lipinski definition) is 2. The third kappa shape index (κ3) is 4.04. The SMILES string of the molecule is CN=C(NCc1ccc(N2CCCC2=O)cc1)NCc1c(C)noc1C. The average molecular weight is 355 g/mol. The van der Waals surface area contributed by atoms with Crippen molar-refractivity contribution in [2.45, 2.75) is 39.8 Å². The zero-order valence-electron chi connectivity index (χ0n) is 15.5. The maximum atomic E-state index is 11.8. The first-order valence-corrected chi connectivity index (χ1v) is 8.84. The van der Waals surface area contributed by atoms with Gasteiger partial charge in [0.1, 0.15) is 5.76 Å². The second kappa shape index (κ2) is 8.03. The minimum atomic E-state index is 0.208. The van der Waals surface area contributed by atoms with Crippen molar-refractivity contribution >= 4 is 17.6 Å². The molecule has 1 aromatic carbocycles. The number of carbonyl (C=O) groups is 1. The summed E-state index contributed by atoms with van der Waals surface area (Å²) in [6, 6.07) is 8.07. The van der Waals surface area contributed by atoms with Crippen LogP contribution in [-0.2, 0) is 17.9 Å². The van der Waals surface area contributed by atoms with E-state index in [1.54, 1.807) is 7.05 Å². The molecular formula is C19H25N5O2. The number of benzene rings is 1. The lowest BCUT2D eigenvalue weighted by molar-refractivity contribution is -0.117. The summed E-state index contributed by atoms with van der Waals surface area (Å²) in [5.41, 5.74) is 4.03. The molecule has 1 aromatic heterocycles. The van der Waals surface area contributed by atoms with Crippen molar-refractivity contribution in [2.24, 2.45) is 4.99 Å². The quantitative estimate of drug-likeness (QED) is 0.635. The molecule has 0 aliphatic carbocycles. The van der Waals surface area contributed by atoms with Gasteiger partial charge in [-0.2, -0.15) is 0 Å². The molecule has 0 atom stereocenters. The van der Waals surface area contributed by atoms with E-state index >= 15 is 0 Å². The third-order valence-electron chi connectivity index (χ3n) is 4.62. The molecule has 1 aliphatic heterocycles. The van der Waals surface area contributed by atoms with Gasteiger partial charge in [0.2, 0.25) is 5.91 Å². The van der Waals surface area contributed by atoms with E-state index in [1.165, 1.54) is 0 Å². The second-order valence-electron chi connectivity index (χ2n) is 6.40. The van der Waals surface area contributed by atoms with Gasteiger partial charge in [0, 0.05) is 44.4 Å². The summed E-state index contributed by atoms with van der Waals surface area (Å²) in [4.78, 5) is 17.9. The van der Waals surface area contributed by atoms with Gasteiger partial charge in [0.25, 0.3) is 0 Å². The highest BCUT2D eigenvalue weighted by Gasteiger charge is 2.21. The number of carbonyl (C=O) groups excluding carboxylic acids is 1. The molecule has 1 aliphatic rings. The number of aryl methyl sites for hydroxylation is 2. The van der Waals surface area contributed by atoms with Gasteiger partial charge < -0.3 is 20.1 Å². The molecule has 2 heterocycles. The van der Waals surface area contributed by atoms with Gasteiger partial charge in [-0.25, -0.2) is 0 Å². The lowest BCUT2D eigenvalue weighted by atomic mass is 10.2. The number of amides is 1. The highest BCUT2D eigenvalue weighted by molar-refractivity contribution is 5.95. The predicted molar refractivity (Wildman–Crippen MR) is 101 cm³/mol. The Morgan fingerprint density at radius 2 is 1.96 bits per heavy atom. The van der Waals surface area contributed by atoms with E-state index in [0.717, 1.165) is 41.2 Å². The summed E-state index contributed by atoms with van der Waals surface area (Å²) in [6.45, 7) is 5.90. The normalized spacial score (nSPS) is 14.8. The zero-order chi connectivity index (χ0) is 18.5. The predicted octanol–water partition coefficient (Wildman–Crippen LogP) is 2.28.